The van der Waals surface area contributed by atoms with E-state index >= 15 is 0 Å². The van der Waals surface area contributed by atoms with Gasteiger partial charge >= 0.3 is 0 Å². The lowest BCUT2D eigenvalue weighted by Crippen LogP contribution is -2.18. The van der Waals surface area contributed by atoms with E-state index in [1.54, 1.807) is 6.26 Å². The molecule has 0 spiro atoms. The van der Waals surface area contributed by atoms with Crippen LogP contribution in [0.15, 0.2) is 56.9 Å². The zero-order chi connectivity index (χ0) is 11.0. The van der Waals surface area contributed by atoms with Crippen molar-refractivity contribution in [1.82, 2.24) is 3.71 Å². The highest BCUT2D eigenvalue weighted by Gasteiger charge is 2.35. The summed E-state index contributed by atoms with van der Waals surface area (Å²) in [7, 11) is 0. The second kappa shape index (κ2) is 4.18. The van der Waals surface area contributed by atoms with Gasteiger partial charge in [0.2, 0.25) is 0 Å². The van der Waals surface area contributed by atoms with Crippen LogP contribution in [0.2, 0.25) is 0 Å². The molecule has 1 aromatic heterocycles. The monoisotopic (exact) mass is 251 g/mol. The summed E-state index contributed by atoms with van der Waals surface area (Å²) < 4.78 is 19.2. The van der Waals surface area contributed by atoms with Crippen LogP contribution >= 0.6 is 11.9 Å². The molecule has 0 fully saturated rings. The Kier molecular flexibility index (Phi) is 2.69. The fourth-order valence-electron chi connectivity index (χ4n) is 1.54. The van der Waals surface area contributed by atoms with Crippen LogP contribution in [-0.2, 0) is 17.9 Å². The van der Waals surface area contributed by atoms with Gasteiger partial charge in [0.25, 0.3) is 0 Å². The third-order valence-corrected chi connectivity index (χ3v) is 5.16. The molecule has 82 valence electrons. The van der Waals surface area contributed by atoms with Crippen molar-refractivity contribution in [2.75, 3.05) is 0 Å². The Morgan fingerprint density at radius 3 is 2.88 bits per heavy atom. The minimum atomic E-state index is -1.08. The molecule has 0 saturated heterocycles. The molecule has 1 atom stereocenters. The van der Waals surface area contributed by atoms with Crippen molar-refractivity contribution in [1.29, 1.82) is 0 Å². The van der Waals surface area contributed by atoms with Crippen molar-refractivity contribution in [2.24, 2.45) is 0 Å². The molecule has 1 aromatic carbocycles. The van der Waals surface area contributed by atoms with Gasteiger partial charge in [0.05, 0.1) is 22.5 Å². The third-order valence-electron chi connectivity index (χ3n) is 2.29. The fraction of sp³-hybridized carbons (Fsp3) is 0.0909. The molecule has 3 nitrogen and oxygen atoms in total. The number of fused-ring (bicyclic) bond motifs is 1. The Morgan fingerprint density at radius 1 is 1.25 bits per heavy atom. The highest BCUT2D eigenvalue weighted by molar-refractivity contribution is 8.11. The highest BCUT2D eigenvalue weighted by atomic mass is 32.3. The minimum absolute atomic E-state index is 0.555. The molecule has 2 heterocycles. The lowest BCUT2D eigenvalue weighted by atomic mass is 10.4. The van der Waals surface area contributed by atoms with Crippen LogP contribution in [0.4, 0.5) is 0 Å². The van der Waals surface area contributed by atoms with Gasteiger partial charge in [-0.15, -0.1) is 0 Å². The molecule has 0 aliphatic carbocycles. The van der Waals surface area contributed by atoms with Crippen LogP contribution in [-0.4, -0.2) is 8.26 Å². The average Bonchev–Trinajstić information content (AvgIpc) is 2.90. The predicted molar refractivity (Wildman–Crippen MR) is 63.0 cm³/mol. The first-order valence-electron chi connectivity index (χ1n) is 4.83. The Bertz CT molecular complexity index is 484. The molecule has 16 heavy (non-hydrogen) atoms. The van der Waals surface area contributed by atoms with E-state index in [2.05, 4.69) is 0 Å². The van der Waals surface area contributed by atoms with Crippen molar-refractivity contribution in [3.63, 3.8) is 0 Å². The van der Waals surface area contributed by atoms with Crippen molar-refractivity contribution in [2.45, 2.75) is 16.3 Å². The fourth-order valence-corrected chi connectivity index (χ4v) is 4.23. The van der Waals surface area contributed by atoms with E-state index in [1.165, 1.54) is 11.9 Å². The molecule has 0 N–H and O–H groups in total. The lowest BCUT2D eigenvalue weighted by Gasteiger charge is -2.12. The number of hydrogen-bond acceptors (Lipinski definition) is 4. The first-order chi connectivity index (χ1) is 7.84. The molecule has 1 aliphatic rings. The van der Waals surface area contributed by atoms with Gasteiger partial charge in [0.15, 0.2) is 4.90 Å². The molecule has 0 saturated carbocycles. The van der Waals surface area contributed by atoms with Crippen molar-refractivity contribution < 1.29 is 8.97 Å². The summed E-state index contributed by atoms with van der Waals surface area (Å²) in [4.78, 5) is 1.95. The van der Waals surface area contributed by atoms with E-state index in [9.17, 15) is 4.55 Å². The predicted octanol–water partition coefficient (Wildman–Crippen LogP) is 2.83. The van der Waals surface area contributed by atoms with Crippen LogP contribution in [0, 0.1) is 0 Å². The maximum Gasteiger partial charge on any atom is 0.190 e. The standard InChI is InChI=1S/C11H9NO2S2/c13-16-11-6-2-1-5-10(11)15-12(16)8-9-4-3-7-14-9/h1-7H,8H2. The normalized spacial score (nSPS) is 19.9. The van der Waals surface area contributed by atoms with Gasteiger partial charge in [-0.2, -0.15) is 0 Å². The zero-order valence-electron chi connectivity index (χ0n) is 8.33. The second-order valence-electron chi connectivity index (χ2n) is 3.36. The average molecular weight is 251 g/mol. The summed E-state index contributed by atoms with van der Waals surface area (Å²) in [6.45, 7) is 0.555. The molecule has 0 bridgehead atoms. The first kappa shape index (κ1) is 10.3. The van der Waals surface area contributed by atoms with Gasteiger partial charge in [0.1, 0.15) is 12.3 Å². The summed E-state index contributed by atoms with van der Waals surface area (Å²) in [6.07, 6.45) is 1.63. The van der Waals surface area contributed by atoms with E-state index in [-0.39, 0.29) is 0 Å². The smallest absolute Gasteiger partial charge is 0.190 e. The number of benzene rings is 1. The maximum atomic E-state index is 12.1. The van der Waals surface area contributed by atoms with E-state index in [0.29, 0.717) is 6.54 Å². The summed E-state index contributed by atoms with van der Waals surface area (Å²) in [5.74, 6) is 0.827. The summed E-state index contributed by atoms with van der Waals surface area (Å²) >= 11 is 0.432. The number of rotatable bonds is 2. The third kappa shape index (κ3) is 1.76. The number of hydrogen-bond donors (Lipinski definition) is 0. The van der Waals surface area contributed by atoms with Gasteiger partial charge in [-0.3, -0.25) is 0 Å². The molecule has 5 heteroatoms. The van der Waals surface area contributed by atoms with Gasteiger partial charge in [-0.05, 0) is 24.3 Å². The Labute approximate surface area is 101 Å². The quantitative estimate of drug-likeness (QED) is 0.608. The molecular weight excluding hydrogens is 242 g/mol. The number of nitrogens with zero attached hydrogens (tertiary/aromatic N) is 1. The minimum Gasteiger partial charge on any atom is -0.592 e. The Balaban J connectivity index is 1.82. The molecular formula is C11H9NO2S2. The van der Waals surface area contributed by atoms with Crippen LogP contribution < -0.4 is 0 Å². The summed E-state index contributed by atoms with van der Waals surface area (Å²) in [6, 6.07) is 11.5. The van der Waals surface area contributed by atoms with E-state index in [4.69, 9.17) is 4.42 Å². The lowest BCUT2D eigenvalue weighted by molar-refractivity contribution is 0.463. The van der Waals surface area contributed by atoms with Gasteiger partial charge in [-0.1, -0.05) is 15.8 Å². The first-order valence-corrected chi connectivity index (χ1v) is 6.71. The molecule has 0 amide bonds. The van der Waals surface area contributed by atoms with Crippen LogP contribution in [0.1, 0.15) is 5.76 Å². The second-order valence-corrected chi connectivity index (χ2v) is 6.03. The molecule has 1 aliphatic heterocycles. The summed E-state index contributed by atoms with van der Waals surface area (Å²) in [5.41, 5.74) is 0. The van der Waals surface area contributed by atoms with Crippen molar-refractivity contribution >= 4 is 23.3 Å². The van der Waals surface area contributed by atoms with Gasteiger partial charge in [0, 0.05) is 11.9 Å². The number of furan rings is 1. The zero-order valence-corrected chi connectivity index (χ0v) is 9.96. The summed E-state index contributed by atoms with van der Waals surface area (Å²) in [5, 5.41) is 0. The van der Waals surface area contributed by atoms with Crippen molar-refractivity contribution in [3.05, 3.63) is 48.4 Å². The van der Waals surface area contributed by atoms with Gasteiger partial charge < -0.3 is 8.97 Å². The van der Waals surface area contributed by atoms with Crippen LogP contribution in [0.25, 0.3) is 0 Å². The SMILES string of the molecule is [O-][S+]1c2ccccc2SN1Cc1ccco1. The molecule has 3 rings (SSSR count). The van der Waals surface area contributed by atoms with Gasteiger partial charge in [-0.25, -0.2) is 0 Å². The Hall–Kier alpha value is -0.880. The highest BCUT2D eigenvalue weighted by Crippen LogP contribution is 2.42. The van der Waals surface area contributed by atoms with E-state index < -0.39 is 11.4 Å². The Morgan fingerprint density at radius 2 is 2.12 bits per heavy atom. The van der Waals surface area contributed by atoms with E-state index in [0.717, 1.165) is 15.6 Å². The van der Waals surface area contributed by atoms with E-state index in [1.807, 2.05) is 40.1 Å². The van der Waals surface area contributed by atoms with Crippen molar-refractivity contribution in [3.8, 4) is 0 Å². The largest absolute Gasteiger partial charge is 0.592 e. The van der Waals surface area contributed by atoms with Crippen LogP contribution in [0.3, 0.4) is 0 Å². The van der Waals surface area contributed by atoms with Crippen LogP contribution in [0.5, 0.6) is 0 Å². The molecule has 1 unspecified atom stereocenters. The molecule has 2 aromatic rings. The maximum absolute atomic E-state index is 12.1. The topological polar surface area (TPSA) is 39.4 Å². The molecule has 0 radical (unpaired) electrons.